The summed E-state index contributed by atoms with van der Waals surface area (Å²) in [7, 11) is 0. The maximum absolute atomic E-state index is 12.5. The van der Waals surface area contributed by atoms with Gasteiger partial charge >= 0.3 is 5.97 Å². The molecule has 3 heterocycles. The average molecular weight is 487 g/mol. The van der Waals surface area contributed by atoms with E-state index in [9.17, 15) is 14.7 Å². The van der Waals surface area contributed by atoms with Crippen LogP contribution in [0.4, 0.5) is 5.82 Å². The molecule has 2 aliphatic rings. The number of carbonyl (C=O) groups excluding carboxylic acids is 1. The standard InChI is InChI=1S/C25H31ClN4O4/c1-15-13-27-14-20(26)22(15)24(31)30-21(25(32)33)8-10-34-19-11-16(12-19)4-6-18-7-5-17-3-2-9-28-23(17)29-18/h5,7,13-14,16,19,21H,2-4,6,8-12H2,1H3,(H,28,29)(H,30,31)(H,32,33)/t16-,19+,21?. The number of carboxylic acids is 1. The lowest BCUT2D eigenvalue weighted by molar-refractivity contribution is -0.140. The molecule has 2 aromatic rings. The third kappa shape index (κ3) is 6.04. The van der Waals surface area contributed by atoms with E-state index in [1.165, 1.54) is 18.0 Å². The number of pyridine rings is 2. The molecule has 0 radical (unpaired) electrons. The van der Waals surface area contributed by atoms with Crippen LogP contribution in [0.25, 0.3) is 0 Å². The second-order valence-electron chi connectivity index (χ2n) is 9.18. The number of aryl methyl sites for hydroxylation is 3. The van der Waals surface area contributed by atoms with Crippen molar-refractivity contribution in [3.8, 4) is 0 Å². The molecule has 0 saturated heterocycles. The van der Waals surface area contributed by atoms with Gasteiger partial charge in [-0.15, -0.1) is 0 Å². The van der Waals surface area contributed by atoms with Gasteiger partial charge in [-0.3, -0.25) is 9.78 Å². The number of ether oxygens (including phenoxy) is 1. The number of hydrogen-bond donors (Lipinski definition) is 3. The highest BCUT2D eigenvalue weighted by molar-refractivity contribution is 6.33. The fourth-order valence-electron chi connectivity index (χ4n) is 4.57. The van der Waals surface area contributed by atoms with Crippen LogP contribution in [0.3, 0.4) is 0 Å². The summed E-state index contributed by atoms with van der Waals surface area (Å²) in [6, 6.07) is 3.29. The lowest BCUT2D eigenvalue weighted by Crippen LogP contribution is -2.42. The monoisotopic (exact) mass is 486 g/mol. The Balaban J connectivity index is 1.17. The first-order chi connectivity index (χ1) is 16.4. The van der Waals surface area contributed by atoms with Crippen LogP contribution in [0.5, 0.6) is 0 Å². The molecule has 1 unspecified atom stereocenters. The molecule has 0 aromatic carbocycles. The van der Waals surface area contributed by atoms with E-state index in [0.29, 0.717) is 11.5 Å². The molecule has 1 amide bonds. The van der Waals surface area contributed by atoms with Gasteiger partial charge in [0.25, 0.3) is 5.91 Å². The Morgan fingerprint density at radius 3 is 2.91 bits per heavy atom. The third-order valence-electron chi connectivity index (χ3n) is 6.63. The summed E-state index contributed by atoms with van der Waals surface area (Å²) < 4.78 is 5.87. The topological polar surface area (TPSA) is 113 Å². The predicted octanol–water partition coefficient (Wildman–Crippen LogP) is 3.80. The lowest BCUT2D eigenvalue weighted by atomic mass is 9.79. The maximum Gasteiger partial charge on any atom is 0.326 e. The van der Waals surface area contributed by atoms with E-state index in [2.05, 4.69) is 27.8 Å². The van der Waals surface area contributed by atoms with Gasteiger partial charge < -0.3 is 20.5 Å². The number of fused-ring (bicyclic) bond motifs is 1. The second kappa shape index (κ2) is 11.1. The molecule has 1 saturated carbocycles. The second-order valence-corrected chi connectivity index (χ2v) is 9.58. The van der Waals surface area contributed by atoms with E-state index in [1.54, 1.807) is 6.92 Å². The Labute approximate surface area is 204 Å². The minimum Gasteiger partial charge on any atom is -0.480 e. The van der Waals surface area contributed by atoms with Crippen LogP contribution >= 0.6 is 11.6 Å². The van der Waals surface area contributed by atoms with Crippen LogP contribution in [0.2, 0.25) is 5.02 Å². The molecular formula is C25H31ClN4O4. The van der Waals surface area contributed by atoms with Crippen LogP contribution in [0.15, 0.2) is 24.5 Å². The average Bonchev–Trinajstić information content (AvgIpc) is 2.78. The van der Waals surface area contributed by atoms with E-state index in [4.69, 9.17) is 21.3 Å². The quantitative estimate of drug-likeness (QED) is 0.468. The number of halogens is 1. The summed E-state index contributed by atoms with van der Waals surface area (Å²) in [5.41, 5.74) is 3.27. The van der Waals surface area contributed by atoms with Crippen molar-refractivity contribution in [1.29, 1.82) is 0 Å². The molecule has 1 fully saturated rings. The van der Waals surface area contributed by atoms with Crippen molar-refractivity contribution in [2.24, 2.45) is 5.92 Å². The number of aliphatic carboxylic acids is 1. The van der Waals surface area contributed by atoms with Crippen molar-refractivity contribution in [3.05, 3.63) is 51.9 Å². The first-order valence-corrected chi connectivity index (χ1v) is 12.3. The largest absolute Gasteiger partial charge is 0.480 e. The molecule has 8 nitrogen and oxygen atoms in total. The Morgan fingerprint density at radius 2 is 2.15 bits per heavy atom. The molecular weight excluding hydrogens is 456 g/mol. The Morgan fingerprint density at radius 1 is 1.32 bits per heavy atom. The fraction of sp³-hybridized carbons (Fsp3) is 0.520. The smallest absolute Gasteiger partial charge is 0.326 e. The molecule has 34 heavy (non-hydrogen) atoms. The lowest BCUT2D eigenvalue weighted by Gasteiger charge is -2.35. The molecule has 0 bridgehead atoms. The van der Waals surface area contributed by atoms with E-state index in [0.717, 1.165) is 56.6 Å². The zero-order valence-electron chi connectivity index (χ0n) is 19.3. The number of aromatic nitrogens is 2. The van der Waals surface area contributed by atoms with Gasteiger partial charge in [-0.25, -0.2) is 9.78 Å². The molecule has 182 valence electrons. The van der Waals surface area contributed by atoms with Gasteiger partial charge in [-0.1, -0.05) is 17.7 Å². The highest BCUT2D eigenvalue weighted by atomic mass is 35.5. The highest BCUT2D eigenvalue weighted by Crippen LogP contribution is 2.34. The summed E-state index contributed by atoms with van der Waals surface area (Å²) in [6.07, 6.45) is 9.46. The molecule has 0 spiro atoms. The zero-order valence-corrected chi connectivity index (χ0v) is 20.1. The van der Waals surface area contributed by atoms with Crippen molar-refractivity contribution in [2.45, 2.75) is 64.0 Å². The van der Waals surface area contributed by atoms with Crippen molar-refractivity contribution in [1.82, 2.24) is 15.3 Å². The molecule has 1 atom stereocenters. The van der Waals surface area contributed by atoms with E-state index >= 15 is 0 Å². The summed E-state index contributed by atoms with van der Waals surface area (Å²) in [5.74, 6) is 0.0212. The Hall–Kier alpha value is -2.71. The van der Waals surface area contributed by atoms with Gasteiger partial charge in [0.05, 0.1) is 16.7 Å². The predicted molar refractivity (Wildman–Crippen MR) is 129 cm³/mol. The number of carbonyl (C=O) groups is 2. The van der Waals surface area contributed by atoms with E-state index in [1.807, 2.05) is 0 Å². The first-order valence-electron chi connectivity index (χ1n) is 11.9. The molecule has 4 rings (SSSR count). The maximum atomic E-state index is 12.5. The number of nitrogens with zero attached hydrogens (tertiary/aromatic N) is 2. The minimum absolute atomic E-state index is 0.144. The van der Waals surface area contributed by atoms with E-state index < -0.39 is 17.9 Å². The highest BCUT2D eigenvalue weighted by Gasteiger charge is 2.30. The van der Waals surface area contributed by atoms with Gasteiger partial charge in [0.15, 0.2) is 0 Å². The van der Waals surface area contributed by atoms with Crippen molar-refractivity contribution >= 4 is 29.3 Å². The van der Waals surface area contributed by atoms with Crippen molar-refractivity contribution in [2.75, 3.05) is 18.5 Å². The van der Waals surface area contributed by atoms with Gasteiger partial charge in [-0.2, -0.15) is 0 Å². The van der Waals surface area contributed by atoms with Crippen LogP contribution in [0.1, 0.15) is 59.3 Å². The zero-order chi connectivity index (χ0) is 24.1. The first kappa shape index (κ1) is 24.4. The van der Waals surface area contributed by atoms with Crippen LogP contribution < -0.4 is 10.6 Å². The Bertz CT molecular complexity index is 1020. The molecule has 2 aromatic heterocycles. The van der Waals surface area contributed by atoms with E-state index in [-0.39, 0.29) is 29.7 Å². The number of amides is 1. The normalized spacial score (nSPS) is 19.9. The summed E-state index contributed by atoms with van der Waals surface area (Å²) in [5, 5.41) is 15.6. The molecule has 3 N–H and O–H groups in total. The summed E-state index contributed by atoms with van der Waals surface area (Å²) >= 11 is 6.07. The number of rotatable bonds is 10. The molecule has 9 heteroatoms. The summed E-state index contributed by atoms with van der Waals surface area (Å²) in [4.78, 5) is 32.9. The molecule has 1 aliphatic carbocycles. The summed E-state index contributed by atoms with van der Waals surface area (Å²) in [6.45, 7) is 2.97. The minimum atomic E-state index is -1.10. The Kier molecular flexibility index (Phi) is 8.00. The number of anilines is 1. The van der Waals surface area contributed by atoms with Gasteiger partial charge in [0.2, 0.25) is 0 Å². The van der Waals surface area contributed by atoms with Crippen molar-refractivity contribution < 1.29 is 19.4 Å². The molecule has 1 aliphatic heterocycles. The van der Waals surface area contributed by atoms with Crippen LogP contribution in [-0.4, -0.2) is 52.2 Å². The van der Waals surface area contributed by atoms with Gasteiger partial charge in [-0.05, 0) is 68.6 Å². The number of carboxylic acid groups (broad SMARTS) is 1. The van der Waals surface area contributed by atoms with Crippen LogP contribution in [0, 0.1) is 12.8 Å². The third-order valence-corrected chi connectivity index (χ3v) is 6.92. The van der Waals surface area contributed by atoms with Gasteiger partial charge in [0.1, 0.15) is 11.9 Å². The van der Waals surface area contributed by atoms with Crippen molar-refractivity contribution in [3.63, 3.8) is 0 Å². The number of nitrogens with one attached hydrogen (secondary N) is 2. The number of hydrogen-bond acceptors (Lipinski definition) is 6. The fourth-order valence-corrected chi connectivity index (χ4v) is 4.86. The SMILES string of the molecule is Cc1cncc(Cl)c1C(=O)NC(CCO[C@H]1C[C@@H](CCc2ccc3c(n2)NCCC3)C1)C(=O)O. The van der Waals surface area contributed by atoms with Gasteiger partial charge in [0, 0.05) is 37.7 Å². The van der Waals surface area contributed by atoms with Crippen LogP contribution in [-0.2, 0) is 22.4 Å².